The largest absolute Gasteiger partial charge is 0.462 e. The molecular formula is C24H22F2N4O4. The van der Waals surface area contributed by atoms with Crippen LogP contribution in [0.5, 0.6) is 0 Å². The topological polar surface area (TPSA) is 92.7 Å². The molecule has 0 radical (unpaired) electrons. The molecule has 0 spiro atoms. The van der Waals surface area contributed by atoms with Crippen LogP contribution in [0.25, 0.3) is 16.6 Å². The van der Waals surface area contributed by atoms with Crippen molar-refractivity contribution in [3.05, 3.63) is 57.9 Å². The number of benzene rings is 2. The SMILES string of the molecule is CCOC(=O)c1cn2c3c(c(N4CCC(NC(C)=O)C4)c(F)cc3c1=O)Nc1cc(F)ccc1-2. The Morgan fingerprint density at radius 2 is 2.06 bits per heavy atom. The van der Waals surface area contributed by atoms with Crippen LogP contribution in [0.15, 0.2) is 35.3 Å². The quantitative estimate of drug-likeness (QED) is 0.447. The van der Waals surface area contributed by atoms with Gasteiger partial charge in [0.1, 0.15) is 17.2 Å². The Morgan fingerprint density at radius 1 is 1.26 bits per heavy atom. The fourth-order valence-corrected chi connectivity index (χ4v) is 4.74. The van der Waals surface area contributed by atoms with Crippen molar-refractivity contribution >= 4 is 39.8 Å². The molecule has 2 N–H and O–H groups in total. The maximum atomic E-state index is 15.6. The number of carbonyl (C=O) groups is 2. The summed E-state index contributed by atoms with van der Waals surface area (Å²) in [5.41, 5.74) is 0.849. The van der Waals surface area contributed by atoms with Crippen LogP contribution in [0, 0.1) is 11.6 Å². The molecule has 1 saturated heterocycles. The summed E-state index contributed by atoms with van der Waals surface area (Å²) in [5, 5.41) is 5.95. The van der Waals surface area contributed by atoms with Gasteiger partial charge in [0.05, 0.1) is 40.3 Å². The van der Waals surface area contributed by atoms with Gasteiger partial charge in [-0.15, -0.1) is 0 Å². The first-order chi connectivity index (χ1) is 16.3. The smallest absolute Gasteiger partial charge is 0.343 e. The highest BCUT2D eigenvalue weighted by Gasteiger charge is 2.32. The number of fused-ring (bicyclic) bond motifs is 2. The summed E-state index contributed by atoms with van der Waals surface area (Å²) in [6.07, 6.45) is 1.98. The fraction of sp³-hybridized carbons (Fsp3) is 0.292. The Bertz CT molecular complexity index is 1420. The molecule has 176 valence electrons. The van der Waals surface area contributed by atoms with Gasteiger partial charge in [0, 0.05) is 32.3 Å². The zero-order valence-corrected chi connectivity index (χ0v) is 18.6. The number of hydrogen-bond donors (Lipinski definition) is 2. The number of nitrogens with one attached hydrogen (secondary N) is 2. The van der Waals surface area contributed by atoms with Crippen molar-refractivity contribution in [2.24, 2.45) is 0 Å². The molecule has 1 fully saturated rings. The zero-order chi connectivity index (χ0) is 24.1. The van der Waals surface area contributed by atoms with E-state index < -0.39 is 23.0 Å². The summed E-state index contributed by atoms with van der Waals surface area (Å²) in [4.78, 5) is 38.9. The third kappa shape index (κ3) is 3.46. The average Bonchev–Trinajstić information content (AvgIpc) is 3.22. The van der Waals surface area contributed by atoms with E-state index in [1.807, 2.05) is 0 Å². The van der Waals surface area contributed by atoms with E-state index in [0.29, 0.717) is 42.1 Å². The molecular weight excluding hydrogens is 446 g/mol. The van der Waals surface area contributed by atoms with Crippen molar-refractivity contribution in [2.45, 2.75) is 26.3 Å². The van der Waals surface area contributed by atoms with Gasteiger partial charge in [-0.05, 0) is 37.6 Å². The van der Waals surface area contributed by atoms with Gasteiger partial charge < -0.3 is 24.8 Å². The fourth-order valence-electron chi connectivity index (χ4n) is 4.74. The molecule has 0 saturated carbocycles. The summed E-state index contributed by atoms with van der Waals surface area (Å²) in [7, 11) is 0. The first kappa shape index (κ1) is 21.9. The van der Waals surface area contributed by atoms with Crippen molar-refractivity contribution in [1.29, 1.82) is 0 Å². The standard InChI is InChI=1S/C24H22F2N4O4/c1-3-34-24(33)16-11-30-19-5-4-13(25)8-18(19)28-20-21(30)15(23(16)32)9-17(26)22(20)29-7-6-14(10-29)27-12(2)31/h4-5,8-9,11,14,28H,3,6-7,10H2,1-2H3,(H,27,31). The van der Waals surface area contributed by atoms with E-state index in [2.05, 4.69) is 10.6 Å². The highest BCUT2D eigenvalue weighted by Crippen LogP contribution is 2.44. The maximum Gasteiger partial charge on any atom is 0.343 e. The number of halogens is 2. The number of esters is 1. The van der Waals surface area contributed by atoms with E-state index >= 15 is 4.39 Å². The lowest BCUT2D eigenvalue weighted by atomic mass is 10.0. The van der Waals surface area contributed by atoms with Crippen molar-refractivity contribution in [3.8, 4) is 5.69 Å². The van der Waals surface area contributed by atoms with E-state index in [0.717, 1.165) is 6.07 Å². The number of nitrogens with zero attached hydrogens (tertiary/aromatic N) is 2. The highest BCUT2D eigenvalue weighted by molar-refractivity contribution is 6.06. The van der Waals surface area contributed by atoms with Crippen LogP contribution >= 0.6 is 0 Å². The Morgan fingerprint density at radius 3 is 2.79 bits per heavy atom. The van der Waals surface area contributed by atoms with Crippen LogP contribution in [0.4, 0.5) is 25.8 Å². The average molecular weight is 468 g/mol. The number of anilines is 3. The molecule has 1 unspecified atom stereocenters. The molecule has 0 aliphatic carbocycles. The van der Waals surface area contributed by atoms with Gasteiger partial charge in [0.2, 0.25) is 11.3 Å². The van der Waals surface area contributed by atoms with Crippen LogP contribution in [-0.2, 0) is 9.53 Å². The molecule has 10 heteroatoms. The lowest BCUT2D eigenvalue weighted by molar-refractivity contribution is -0.119. The van der Waals surface area contributed by atoms with E-state index in [9.17, 15) is 18.8 Å². The highest BCUT2D eigenvalue weighted by atomic mass is 19.1. The van der Waals surface area contributed by atoms with Gasteiger partial charge >= 0.3 is 5.97 Å². The molecule has 1 aromatic heterocycles. The van der Waals surface area contributed by atoms with Crippen molar-refractivity contribution in [2.75, 3.05) is 29.9 Å². The van der Waals surface area contributed by atoms with E-state index in [-0.39, 0.29) is 35.2 Å². The normalized spacial score (nSPS) is 16.2. The van der Waals surface area contributed by atoms with Gasteiger partial charge in [-0.2, -0.15) is 0 Å². The van der Waals surface area contributed by atoms with Gasteiger partial charge in [-0.25, -0.2) is 13.6 Å². The van der Waals surface area contributed by atoms with E-state index in [1.54, 1.807) is 16.4 Å². The third-order valence-corrected chi connectivity index (χ3v) is 6.10. The van der Waals surface area contributed by atoms with Crippen LogP contribution in [0.1, 0.15) is 30.6 Å². The minimum Gasteiger partial charge on any atom is -0.462 e. The molecule has 3 aromatic rings. The zero-order valence-electron chi connectivity index (χ0n) is 18.6. The van der Waals surface area contributed by atoms with Crippen molar-refractivity contribution in [1.82, 2.24) is 9.88 Å². The van der Waals surface area contributed by atoms with Gasteiger partial charge in [0.15, 0.2) is 0 Å². The minimum atomic E-state index is -0.816. The van der Waals surface area contributed by atoms with Crippen LogP contribution in [-0.4, -0.2) is 42.2 Å². The monoisotopic (exact) mass is 468 g/mol. The number of pyridine rings is 1. The molecule has 34 heavy (non-hydrogen) atoms. The molecule has 8 nitrogen and oxygen atoms in total. The molecule has 1 atom stereocenters. The second-order valence-corrected chi connectivity index (χ2v) is 8.36. The van der Waals surface area contributed by atoms with Crippen molar-refractivity contribution in [3.63, 3.8) is 0 Å². The number of rotatable bonds is 4. The van der Waals surface area contributed by atoms with Crippen molar-refractivity contribution < 1.29 is 23.1 Å². The number of hydrogen-bond acceptors (Lipinski definition) is 6. The Kier molecular flexibility index (Phi) is 5.22. The van der Waals surface area contributed by atoms with E-state index in [1.165, 1.54) is 31.3 Å². The lowest BCUT2D eigenvalue weighted by Gasteiger charge is -2.30. The lowest BCUT2D eigenvalue weighted by Crippen LogP contribution is -2.36. The summed E-state index contributed by atoms with van der Waals surface area (Å²) in [6.45, 7) is 3.97. The number of ether oxygens (including phenoxy) is 1. The number of carbonyl (C=O) groups excluding carboxylic acids is 2. The number of aromatic nitrogens is 1. The summed E-state index contributed by atoms with van der Waals surface area (Å²) >= 11 is 0. The Labute approximate surface area is 193 Å². The van der Waals surface area contributed by atoms with E-state index in [4.69, 9.17) is 4.74 Å². The molecule has 2 aliphatic heterocycles. The molecule has 1 amide bonds. The second-order valence-electron chi connectivity index (χ2n) is 8.36. The van der Waals surface area contributed by atoms with Gasteiger partial charge in [-0.3, -0.25) is 9.59 Å². The molecule has 3 heterocycles. The number of amides is 1. The molecule has 2 aromatic carbocycles. The maximum absolute atomic E-state index is 15.6. The van der Waals surface area contributed by atoms with Crippen LogP contribution in [0.3, 0.4) is 0 Å². The summed E-state index contributed by atoms with van der Waals surface area (Å²) < 4.78 is 36.3. The van der Waals surface area contributed by atoms with Crippen LogP contribution in [0.2, 0.25) is 0 Å². The minimum absolute atomic E-state index is 0.00175. The van der Waals surface area contributed by atoms with Crippen LogP contribution < -0.4 is 21.0 Å². The molecule has 0 bridgehead atoms. The predicted molar refractivity (Wildman–Crippen MR) is 123 cm³/mol. The summed E-state index contributed by atoms with van der Waals surface area (Å²) in [5.74, 6) is -2.15. The Balaban J connectivity index is 1.76. The van der Waals surface area contributed by atoms with Gasteiger partial charge in [-0.1, -0.05) is 0 Å². The molecule has 5 rings (SSSR count). The molecule has 2 aliphatic rings. The summed E-state index contributed by atoms with van der Waals surface area (Å²) in [6, 6.07) is 5.03. The predicted octanol–water partition coefficient (Wildman–Crippen LogP) is 3.22. The second kappa shape index (κ2) is 8.12. The third-order valence-electron chi connectivity index (χ3n) is 6.10. The van der Waals surface area contributed by atoms with Gasteiger partial charge in [0.25, 0.3) is 0 Å². The first-order valence-corrected chi connectivity index (χ1v) is 11.0. The Hall–Kier alpha value is -3.95. The first-order valence-electron chi connectivity index (χ1n) is 11.0.